The lowest BCUT2D eigenvalue weighted by Gasteiger charge is -2.19. The van der Waals surface area contributed by atoms with Gasteiger partial charge in [0.05, 0.1) is 0 Å². The smallest absolute Gasteiger partial charge is 0.306 e. The van der Waals surface area contributed by atoms with Gasteiger partial charge in [-0.1, -0.05) is 336 Å². The minimum Gasteiger partial charge on any atom is -0.462 e. The van der Waals surface area contributed by atoms with Gasteiger partial charge in [-0.3, -0.25) is 14.4 Å². The van der Waals surface area contributed by atoms with Crippen LogP contribution >= 0.6 is 0 Å². The van der Waals surface area contributed by atoms with Gasteiger partial charge in [-0.15, -0.1) is 0 Å². The first-order chi connectivity index (χ1) is 39.0. The summed E-state index contributed by atoms with van der Waals surface area (Å²) in [6, 6.07) is 0. The summed E-state index contributed by atoms with van der Waals surface area (Å²) in [5, 5.41) is 0. The molecule has 0 aromatic heterocycles. The van der Waals surface area contributed by atoms with Crippen molar-refractivity contribution in [2.45, 2.75) is 412 Å². The third kappa shape index (κ3) is 63.8. The lowest BCUT2D eigenvalue weighted by molar-refractivity contribution is -0.167. The normalized spacial score (nSPS) is 12.3. The number of unbranched alkanes of at least 4 members (excludes halogenated alkanes) is 49. The molecule has 2 unspecified atom stereocenters. The van der Waals surface area contributed by atoms with Crippen LogP contribution in [0.15, 0.2) is 0 Å². The fraction of sp³-hybridized carbons (Fsp3) is 0.958. The van der Waals surface area contributed by atoms with E-state index < -0.39 is 6.10 Å². The van der Waals surface area contributed by atoms with Crippen molar-refractivity contribution in [3.63, 3.8) is 0 Å². The Kier molecular flexibility index (Phi) is 65.7. The zero-order valence-corrected chi connectivity index (χ0v) is 53.8. The number of carbonyl (C=O) groups excluding carboxylic acids is 3. The summed E-state index contributed by atoms with van der Waals surface area (Å²) in [6.45, 7) is 10.6. The summed E-state index contributed by atoms with van der Waals surface area (Å²) in [5.74, 6) is -0.843. The van der Waals surface area contributed by atoms with Crippen LogP contribution in [-0.4, -0.2) is 56.7 Å². The first kappa shape index (κ1) is 77.3. The average Bonchev–Trinajstić information content (AvgIpc) is 3.45. The van der Waals surface area contributed by atoms with Gasteiger partial charge in [0.15, 0.2) is 12.4 Å². The largest absolute Gasteiger partial charge is 0.462 e. The van der Waals surface area contributed by atoms with E-state index in [4.69, 9.17) is 23.7 Å². The zero-order valence-electron chi connectivity index (χ0n) is 53.8. The van der Waals surface area contributed by atoms with Crippen molar-refractivity contribution in [3.8, 4) is 0 Å². The van der Waals surface area contributed by atoms with E-state index in [0.717, 1.165) is 90.3 Å². The van der Waals surface area contributed by atoms with Crippen LogP contribution < -0.4 is 0 Å². The highest BCUT2D eigenvalue weighted by molar-refractivity contribution is 5.71. The number of ether oxygens (including phenoxy) is 5. The summed E-state index contributed by atoms with van der Waals surface area (Å²) >= 11 is 0. The predicted molar refractivity (Wildman–Crippen MR) is 338 cm³/mol. The van der Waals surface area contributed by atoms with Crippen LogP contribution in [0, 0.1) is 0 Å². The lowest BCUT2D eigenvalue weighted by atomic mass is 10.0. The van der Waals surface area contributed by atoms with E-state index in [1.54, 1.807) is 0 Å². The minimum atomic E-state index is -0.772. The third-order valence-electron chi connectivity index (χ3n) is 16.3. The van der Waals surface area contributed by atoms with Crippen LogP contribution in [0.5, 0.6) is 0 Å². The molecule has 0 radical (unpaired) electrons. The van der Waals surface area contributed by atoms with E-state index in [1.165, 1.54) is 276 Å². The van der Waals surface area contributed by atoms with Gasteiger partial charge >= 0.3 is 17.9 Å². The van der Waals surface area contributed by atoms with Crippen LogP contribution in [0.2, 0.25) is 0 Å². The molecule has 0 amide bonds. The standard InChI is InChI=1S/C71H138O8/c1-5-9-13-17-20-22-24-26-28-32-36-40-44-48-53-59-68(72)77-65-67(79-70(74)61-55-50-46-42-38-34-29-27-25-23-21-18-14-10-6-2)66-78-69(73)60-54-49-45-41-37-33-30-31-35-39-43-47-51-56-62-71(75-63-57-16-12-8-4)76-64-58-52-19-15-11-7-3/h67,71H,5-66H2,1-4H3. The van der Waals surface area contributed by atoms with Gasteiger partial charge in [0.25, 0.3) is 0 Å². The quantitative estimate of drug-likeness (QED) is 0.0257. The van der Waals surface area contributed by atoms with Crippen LogP contribution in [0.25, 0.3) is 0 Å². The van der Waals surface area contributed by atoms with Gasteiger partial charge in [0.2, 0.25) is 0 Å². The number of carbonyl (C=O) groups is 3. The van der Waals surface area contributed by atoms with Gasteiger partial charge < -0.3 is 23.7 Å². The molecule has 0 aromatic carbocycles. The van der Waals surface area contributed by atoms with Crippen LogP contribution in [-0.2, 0) is 38.1 Å². The molecule has 79 heavy (non-hydrogen) atoms. The molecule has 8 nitrogen and oxygen atoms in total. The molecular formula is C71H138O8. The molecule has 8 heteroatoms. The maximum absolute atomic E-state index is 12.9. The summed E-state index contributed by atoms with van der Waals surface area (Å²) in [6.07, 6.45) is 69.5. The zero-order chi connectivity index (χ0) is 57.3. The fourth-order valence-corrected chi connectivity index (χ4v) is 10.9. The van der Waals surface area contributed by atoms with Crippen LogP contribution in [0.1, 0.15) is 400 Å². The monoisotopic (exact) mass is 1120 g/mol. The Labute approximate surface area is 492 Å². The first-order valence-electron chi connectivity index (χ1n) is 35.7. The molecule has 0 saturated heterocycles. The average molecular weight is 1120 g/mol. The topological polar surface area (TPSA) is 97.4 Å². The molecule has 0 aliphatic heterocycles. The summed E-state index contributed by atoms with van der Waals surface area (Å²) in [7, 11) is 0. The molecule has 0 bridgehead atoms. The third-order valence-corrected chi connectivity index (χ3v) is 16.3. The Morgan fingerprint density at radius 1 is 0.253 bits per heavy atom. The Morgan fingerprint density at radius 3 is 0.747 bits per heavy atom. The molecule has 0 aliphatic rings. The van der Waals surface area contributed by atoms with Gasteiger partial charge in [-0.05, 0) is 44.9 Å². The molecule has 0 aliphatic carbocycles. The highest BCUT2D eigenvalue weighted by atomic mass is 16.7. The number of esters is 3. The summed E-state index contributed by atoms with van der Waals surface area (Å²) in [4.78, 5) is 38.4. The van der Waals surface area contributed by atoms with Crippen molar-refractivity contribution in [2.24, 2.45) is 0 Å². The summed E-state index contributed by atoms with van der Waals surface area (Å²) < 4.78 is 29.4. The van der Waals surface area contributed by atoms with Gasteiger partial charge in [0, 0.05) is 32.5 Å². The van der Waals surface area contributed by atoms with E-state index in [0.29, 0.717) is 19.3 Å². The van der Waals surface area contributed by atoms with Crippen molar-refractivity contribution in [2.75, 3.05) is 26.4 Å². The first-order valence-corrected chi connectivity index (χ1v) is 35.7. The predicted octanol–water partition coefficient (Wildman–Crippen LogP) is 23.0. The highest BCUT2D eigenvalue weighted by Gasteiger charge is 2.20. The molecule has 0 N–H and O–H groups in total. The van der Waals surface area contributed by atoms with E-state index in [-0.39, 0.29) is 37.4 Å². The van der Waals surface area contributed by atoms with Gasteiger partial charge in [0.1, 0.15) is 13.2 Å². The van der Waals surface area contributed by atoms with E-state index >= 15 is 0 Å². The molecule has 0 rings (SSSR count). The molecule has 0 fully saturated rings. The fourth-order valence-electron chi connectivity index (χ4n) is 10.9. The van der Waals surface area contributed by atoms with Gasteiger partial charge in [-0.25, -0.2) is 0 Å². The molecule has 470 valence electrons. The Balaban J connectivity index is 4.34. The van der Waals surface area contributed by atoms with Crippen molar-refractivity contribution in [1.29, 1.82) is 0 Å². The summed E-state index contributed by atoms with van der Waals surface area (Å²) in [5.41, 5.74) is 0. The number of hydrogen-bond donors (Lipinski definition) is 0. The van der Waals surface area contributed by atoms with Crippen molar-refractivity contribution >= 4 is 17.9 Å². The lowest BCUT2D eigenvalue weighted by Crippen LogP contribution is -2.30. The number of rotatable bonds is 68. The molecule has 0 aromatic rings. The molecular weight excluding hydrogens is 981 g/mol. The molecule has 0 spiro atoms. The molecule has 2 atom stereocenters. The second-order valence-electron chi connectivity index (χ2n) is 24.4. The van der Waals surface area contributed by atoms with Crippen molar-refractivity contribution in [3.05, 3.63) is 0 Å². The van der Waals surface area contributed by atoms with E-state index in [2.05, 4.69) is 27.7 Å². The highest BCUT2D eigenvalue weighted by Crippen LogP contribution is 2.19. The van der Waals surface area contributed by atoms with Crippen LogP contribution in [0.3, 0.4) is 0 Å². The maximum Gasteiger partial charge on any atom is 0.306 e. The Bertz CT molecular complexity index is 1210. The van der Waals surface area contributed by atoms with Crippen molar-refractivity contribution in [1.82, 2.24) is 0 Å². The minimum absolute atomic E-state index is 0.0155. The number of hydrogen-bond acceptors (Lipinski definition) is 8. The maximum atomic E-state index is 12.9. The molecule has 0 heterocycles. The second kappa shape index (κ2) is 67.1. The molecule has 0 saturated carbocycles. The van der Waals surface area contributed by atoms with Gasteiger partial charge in [-0.2, -0.15) is 0 Å². The van der Waals surface area contributed by atoms with Crippen LogP contribution in [0.4, 0.5) is 0 Å². The second-order valence-corrected chi connectivity index (χ2v) is 24.4. The SMILES string of the molecule is CCCCCCCCCCCCCCCCCC(=O)OCC(COC(=O)CCCCCCCCCCCCCCCCC(OCCCCCC)OCCCCCCCC)OC(=O)CCCCCCCCCCCCCCCCC. The van der Waals surface area contributed by atoms with E-state index in [1.807, 2.05) is 0 Å². The van der Waals surface area contributed by atoms with Crippen molar-refractivity contribution < 1.29 is 38.1 Å². The Hall–Kier alpha value is -1.67. The van der Waals surface area contributed by atoms with E-state index in [9.17, 15) is 14.4 Å². The Morgan fingerprint density at radius 2 is 0.468 bits per heavy atom.